The number of carboxylic acids is 1. The Kier molecular flexibility index (Phi) is 5.39. The zero-order chi connectivity index (χ0) is 18.8. The van der Waals surface area contributed by atoms with Crippen LogP contribution in [0.3, 0.4) is 0 Å². The molecule has 1 atom stereocenters. The van der Waals surface area contributed by atoms with E-state index in [1.54, 1.807) is 16.7 Å². The van der Waals surface area contributed by atoms with E-state index in [4.69, 9.17) is 9.84 Å². The molecule has 0 spiro atoms. The van der Waals surface area contributed by atoms with E-state index in [-0.39, 0.29) is 12.1 Å². The molecule has 5 nitrogen and oxygen atoms in total. The molecule has 1 aromatic heterocycles. The number of aryl methyl sites for hydroxylation is 1. The predicted octanol–water partition coefficient (Wildman–Crippen LogP) is 3.88. The molecule has 1 N–H and O–H groups in total. The molecule has 0 saturated carbocycles. The number of aromatic carboxylic acids is 1. The lowest BCUT2D eigenvalue weighted by Crippen LogP contribution is -2.21. The molecule has 0 aliphatic carbocycles. The fraction of sp³-hybridized carbons (Fsp3) is 0.412. The van der Waals surface area contributed by atoms with Gasteiger partial charge >= 0.3 is 12.1 Å². The van der Waals surface area contributed by atoms with Crippen LogP contribution in [0.1, 0.15) is 35.7 Å². The number of carboxylic acid groups (broad SMARTS) is 1. The van der Waals surface area contributed by atoms with Crippen molar-refractivity contribution >= 4 is 5.97 Å². The Morgan fingerprint density at radius 3 is 2.60 bits per heavy atom. The third-order valence-corrected chi connectivity index (χ3v) is 3.92. The van der Waals surface area contributed by atoms with Crippen LogP contribution in [-0.4, -0.2) is 33.9 Å². The maximum absolute atomic E-state index is 12.7. The highest BCUT2D eigenvalue weighted by atomic mass is 19.4. The van der Waals surface area contributed by atoms with Gasteiger partial charge in [-0.25, -0.2) is 9.78 Å². The van der Waals surface area contributed by atoms with Crippen LogP contribution in [0.5, 0.6) is 5.75 Å². The monoisotopic (exact) mass is 356 g/mol. The molecule has 2 aromatic rings. The molecule has 8 heteroatoms. The smallest absolute Gasteiger partial charge is 0.391 e. The molecule has 1 aromatic carbocycles. The standard InChI is InChI=1S/C17H19F3N2O3/c1-4-15-21-12(16(23)24)9-22(15)13-6-5-11(8-14(13)25-3)7-10(2)17(18,19)20/h5-6,8-10H,4,7H2,1-3H3,(H,23,24)/t10-/m1/s1. The predicted molar refractivity (Wildman–Crippen MR) is 85.4 cm³/mol. The number of aromatic nitrogens is 2. The summed E-state index contributed by atoms with van der Waals surface area (Å²) in [5, 5.41) is 9.10. The van der Waals surface area contributed by atoms with Crippen molar-refractivity contribution in [1.29, 1.82) is 0 Å². The van der Waals surface area contributed by atoms with Gasteiger partial charge in [0.1, 0.15) is 11.6 Å². The van der Waals surface area contributed by atoms with Crippen molar-refractivity contribution in [3.8, 4) is 11.4 Å². The van der Waals surface area contributed by atoms with E-state index in [1.807, 2.05) is 6.92 Å². The van der Waals surface area contributed by atoms with Crippen molar-refractivity contribution in [3.63, 3.8) is 0 Å². The molecule has 0 aliphatic rings. The molecular formula is C17H19F3N2O3. The van der Waals surface area contributed by atoms with E-state index in [0.717, 1.165) is 6.92 Å². The van der Waals surface area contributed by atoms with Gasteiger partial charge in [-0.15, -0.1) is 0 Å². The molecular weight excluding hydrogens is 337 g/mol. The highest BCUT2D eigenvalue weighted by molar-refractivity contribution is 5.85. The van der Waals surface area contributed by atoms with Gasteiger partial charge < -0.3 is 9.84 Å². The number of ether oxygens (including phenoxy) is 1. The Morgan fingerprint density at radius 1 is 1.40 bits per heavy atom. The summed E-state index contributed by atoms with van der Waals surface area (Å²) in [5.74, 6) is -1.74. The average Bonchev–Trinajstić information content (AvgIpc) is 2.98. The van der Waals surface area contributed by atoms with Gasteiger partial charge in [0.25, 0.3) is 0 Å². The first kappa shape index (κ1) is 18.8. The van der Waals surface area contributed by atoms with Crippen LogP contribution in [0.15, 0.2) is 24.4 Å². The summed E-state index contributed by atoms with van der Waals surface area (Å²) in [6.45, 7) is 2.96. The molecule has 0 saturated heterocycles. The van der Waals surface area contributed by atoms with Crippen LogP contribution in [0.2, 0.25) is 0 Å². The van der Waals surface area contributed by atoms with Crippen LogP contribution in [0.4, 0.5) is 13.2 Å². The maximum Gasteiger partial charge on any atom is 0.391 e. The van der Waals surface area contributed by atoms with Gasteiger partial charge in [-0.05, 0) is 24.1 Å². The van der Waals surface area contributed by atoms with Crippen LogP contribution in [-0.2, 0) is 12.8 Å². The van der Waals surface area contributed by atoms with Gasteiger partial charge in [0.05, 0.1) is 18.7 Å². The van der Waals surface area contributed by atoms with Gasteiger partial charge in [-0.2, -0.15) is 13.2 Å². The molecule has 1 heterocycles. The van der Waals surface area contributed by atoms with Crippen LogP contribution in [0.25, 0.3) is 5.69 Å². The molecule has 136 valence electrons. The number of rotatable bonds is 6. The van der Waals surface area contributed by atoms with E-state index < -0.39 is 18.1 Å². The highest BCUT2D eigenvalue weighted by Crippen LogP contribution is 2.31. The van der Waals surface area contributed by atoms with Gasteiger partial charge in [-0.1, -0.05) is 19.9 Å². The van der Waals surface area contributed by atoms with Gasteiger partial charge in [0, 0.05) is 12.6 Å². The number of nitrogens with zero attached hydrogens (tertiary/aromatic N) is 2. The topological polar surface area (TPSA) is 64.3 Å². The first-order chi connectivity index (χ1) is 11.7. The van der Waals surface area contributed by atoms with Crippen molar-refractivity contribution in [1.82, 2.24) is 9.55 Å². The zero-order valence-electron chi connectivity index (χ0n) is 14.1. The summed E-state index contributed by atoms with van der Waals surface area (Å²) in [5.41, 5.74) is 0.915. The fourth-order valence-corrected chi connectivity index (χ4v) is 2.50. The largest absolute Gasteiger partial charge is 0.495 e. The normalized spacial score (nSPS) is 12.9. The van der Waals surface area contributed by atoms with Crippen molar-refractivity contribution in [2.24, 2.45) is 5.92 Å². The molecule has 0 fully saturated rings. The van der Waals surface area contributed by atoms with Crippen molar-refractivity contribution in [2.45, 2.75) is 32.9 Å². The summed E-state index contributed by atoms with van der Waals surface area (Å²) in [6.07, 6.45) is -2.56. The van der Waals surface area contributed by atoms with E-state index in [2.05, 4.69) is 4.98 Å². The number of benzene rings is 1. The maximum atomic E-state index is 12.7. The number of hydrogen-bond acceptors (Lipinski definition) is 3. The highest BCUT2D eigenvalue weighted by Gasteiger charge is 2.35. The molecule has 0 unspecified atom stereocenters. The Balaban J connectivity index is 2.42. The zero-order valence-corrected chi connectivity index (χ0v) is 14.1. The number of methoxy groups -OCH3 is 1. The first-order valence-corrected chi connectivity index (χ1v) is 7.72. The van der Waals surface area contributed by atoms with Gasteiger partial charge in [0.2, 0.25) is 0 Å². The number of hydrogen-bond donors (Lipinski definition) is 1. The van der Waals surface area contributed by atoms with Crippen molar-refractivity contribution < 1.29 is 27.8 Å². The second-order valence-electron chi connectivity index (χ2n) is 5.72. The third-order valence-electron chi connectivity index (χ3n) is 3.92. The molecule has 0 amide bonds. The lowest BCUT2D eigenvalue weighted by molar-refractivity contribution is -0.169. The molecule has 2 rings (SSSR count). The molecule has 0 aliphatic heterocycles. The van der Waals surface area contributed by atoms with Crippen molar-refractivity contribution in [2.75, 3.05) is 7.11 Å². The minimum absolute atomic E-state index is 0.103. The Bertz CT molecular complexity index is 769. The number of imidazole rings is 1. The number of alkyl halides is 3. The lowest BCUT2D eigenvalue weighted by Gasteiger charge is -2.17. The second-order valence-corrected chi connectivity index (χ2v) is 5.72. The van der Waals surface area contributed by atoms with Crippen LogP contribution in [0, 0.1) is 5.92 Å². The average molecular weight is 356 g/mol. The molecule has 0 radical (unpaired) electrons. The third kappa shape index (κ3) is 4.12. The Hall–Kier alpha value is -2.51. The SMILES string of the molecule is CCc1nc(C(=O)O)cn1-c1ccc(C[C@@H](C)C(F)(F)F)cc1OC. The quantitative estimate of drug-likeness (QED) is 0.853. The lowest BCUT2D eigenvalue weighted by atomic mass is 10.00. The van der Waals surface area contributed by atoms with E-state index in [1.165, 1.54) is 19.4 Å². The van der Waals surface area contributed by atoms with Gasteiger partial charge in [-0.3, -0.25) is 4.57 Å². The Morgan fingerprint density at radius 2 is 2.08 bits per heavy atom. The Labute approximate surface area is 143 Å². The van der Waals surface area contributed by atoms with E-state index in [9.17, 15) is 18.0 Å². The van der Waals surface area contributed by atoms with Crippen LogP contribution < -0.4 is 4.74 Å². The van der Waals surface area contributed by atoms with Crippen LogP contribution >= 0.6 is 0 Å². The van der Waals surface area contributed by atoms with Gasteiger partial charge in [0.15, 0.2) is 5.69 Å². The molecule has 0 bridgehead atoms. The second kappa shape index (κ2) is 7.16. The number of halogens is 3. The van der Waals surface area contributed by atoms with E-state index in [0.29, 0.717) is 29.2 Å². The fourth-order valence-electron chi connectivity index (χ4n) is 2.50. The number of carbonyl (C=O) groups is 1. The molecule has 25 heavy (non-hydrogen) atoms. The summed E-state index contributed by atoms with van der Waals surface area (Å²) >= 11 is 0. The summed E-state index contributed by atoms with van der Waals surface area (Å²) in [7, 11) is 1.41. The first-order valence-electron chi connectivity index (χ1n) is 7.72. The summed E-state index contributed by atoms with van der Waals surface area (Å²) < 4.78 is 45.1. The van der Waals surface area contributed by atoms with E-state index >= 15 is 0 Å². The minimum Gasteiger partial charge on any atom is -0.495 e. The summed E-state index contributed by atoms with van der Waals surface area (Å²) in [4.78, 5) is 15.2. The summed E-state index contributed by atoms with van der Waals surface area (Å²) in [6, 6.07) is 4.74. The van der Waals surface area contributed by atoms with Crippen molar-refractivity contribution in [3.05, 3.63) is 41.5 Å². The minimum atomic E-state index is -4.26.